The van der Waals surface area contributed by atoms with Gasteiger partial charge in [0.15, 0.2) is 6.29 Å². The standard InChI is InChI=1S/C14H9Cl2FO2/c15-10-5-13(16)12(7-18)14(6-10)19-8-9-1-3-11(17)4-2-9/h1-7H,8H2. The molecule has 0 aliphatic carbocycles. The summed E-state index contributed by atoms with van der Waals surface area (Å²) in [4.78, 5) is 11.0. The van der Waals surface area contributed by atoms with Crippen LogP contribution in [0.3, 0.4) is 0 Å². The minimum Gasteiger partial charge on any atom is -0.488 e. The topological polar surface area (TPSA) is 26.3 Å². The minimum atomic E-state index is -0.317. The maximum Gasteiger partial charge on any atom is 0.155 e. The van der Waals surface area contributed by atoms with E-state index in [1.807, 2.05) is 0 Å². The van der Waals surface area contributed by atoms with Gasteiger partial charge >= 0.3 is 0 Å². The van der Waals surface area contributed by atoms with Crippen LogP contribution >= 0.6 is 23.2 Å². The Morgan fingerprint density at radius 3 is 2.47 bits per heavy atom. The molecule has 0 spiro atoms. The van der Waals surface area contributed by atoms with Crippen LogP contribution in [-0.4, -0.2) is 6.29 Å². The van der Waals surface area contributed by atoms with Crippen LogP contribution in [0.2, 0.25) is 10.0 Å². The molecule has 0 radical (unpaired) electrons. The van der Waals surface area contributed by atoms with Gasteiger partial charge in [-0.15, -0.1) is 0 Å². The van der Waals surface area contributed by atoms with E-state index in [4.69, 9.17) is 27.9 Å². The van der Waals surface area contributed by atoms with Crippen LogP contribution in [0.5, 0.6) is 5.75 Å². The Kier molecular flexibility index (Phi) is 4.40. The lowest BCUT2D eigenvalue weighted by Crippen LogP contribution is -1.99. The lowest BCUT2D eigenvalue weighted by Gasteiger charge is -2.10. The van der Waals surface area contributed by atoms with Crippen molar-refractivity contribution in [1.29, 1.82) is 0 Å². The van der Waals surface area contributed by atoms with Gasteiger partial charge in [-0.25, -0.2) is 4.39 Å². The number of aldehydes is 1. The molecule has 98 valence electrons. The van der Waals surface area contributed by atoms with Crippen molar-refractivity contribution in [3.63, 3.8) is 0 Å². The summed E-state index contributed by atoms with van der Waals surface area (Å²) in [6.07, 6.45) is 0.610. The van der Waals surface area contributed by atoms with E-state index in [9.17, 15) is 9.18 Å². The third-order valence-electron chi connectivity index (χ3n) is 2.48. The molecular weight excluding hydrogens is 290 g/mol. The highest BCUT2D eigenvalue weighted by Crippen LogP contribution is 2.30. The molecule has 2 nitrogen and oxygen atoms in total. The van der Waals surface area contributed by atoms with Gasteiger partial charge < -0.3 is 4.74 Å². The Balaban J connectivity index is 2.19. The van der Waals surface area contributed by atoms with E-state index in [-0.39, 0.29) is 23.0 Å². The first kappa shape index (κ1) is 13.8. The highest BCUT2D eigenvalue weighted by molar-refractivity contribution is 6.36. The predicted octanol–water partition coefficient (Wildman–Crippen LogP) is 4.52. The highest BCUT2D eigenvalue weighted by atomic mass is 35.5. The fraction of sp³-hybridized carbons (Fsp3) is 0.0714. The monoisotopic (exact) mass is 298 g/mol. The van der Waals surface area contributed by atoms with Gasteiger partial charge in [-0.2, -0.15) is 0 Å². The largest absolute Gasteiger partial charge is 0.488 e. The van der Waals surface area contributed by atoms with E-state index >= 15 is 0 Å². The lowest BCUT2D eigenvalue weighted by molar-refractivity contribution is 0.111. The molecule has 0 aromatic heterocycles. The second-order valence-electron chi connectivity index (χ2n) is 3.83. The zero-order valence-electron chi connectivity index (χ0n) is 9.70. The van der Waals surface area contributed by atoms with E-state index in [0.717, 1.165) is 5.56 Å². The molecule has 2 rings (SSSR count). The summed E-state index contributed by atoms with van der Waals surface area (Å²) in [5, 5.41) is 0.612. The van der Waals surface area contributed by atoms with Crippen molar-refractivity contribution < 1.29 is 13.9 Å². The highest BCUT2D eigenvalue weighted by Gasteiger charge is 2.10. The number of carbonyl (C=O) groups is 1. The summed E-state index contributed by atoms with van der Waals surface area (Å²) in [7, 11) is 0. The van der Waals surface area contributed by atoms with Crippen LogP contribution in [-0.2, 0) is 6.61 Å². The average Bonchev–Trinajstić information content (AvgIpc) is 2.37. The van der Waals surface area contributed by atoms with Crippen LogP contribution in [0.1, 0.15) is 15.9 Å². The Morgan fingerprint density at radius 1 is 1.16 bits per heavy atom. The Morgan fingerprint density at radius 2 is 1.84 bits per heavy atom. The van der Waals surface area contributed by atoms with E-state index in [2.05, 4.69) is 0 Å². The number of halogens is 3. The predicted molar refractivity (Wildman–Crippen MR) is 72.6 cm³/mol. The van der Waals surface area contributed by atoms with E-state index < -0.39 is 0 Å². The first-order chi connectivity index (χ1) is 9.10. The lowest BCUT2D eigenvalue weighted by atomic mass is 10.2. The summed E-state index contributed by atoms with van der Waals surface area (Å²) in [5.41, 5.74) is 1.02. The van der Waals surface area contributed by atoms with Crippen molar-refractivity contribution in [3.05, 3.63) is 63.4 Å². The fourth-order valence-corrected chi connectivity index (χ4v) is 2.06. The van der Waals surface area contributed by atoms with Gasteiger partial charge in [-0.05, 0) is 29.8 Å². The van der Waals surface area contributed by atoms with E-state index in [1.54, 1.807) is 12.1 Å². The SMILES string of the molecule is O=Cc1c(Cl)cc(Cl)cc1OCc1ccc(F)cc1. The summed E-state index contributed by atoms with van der Waals surface area (Å²) < 4.78 is 18.2. The third-order valence-corrected chi connectivity index (χ3v) is 3.01. The van der Waals surface area contributed by atoms with Crippen LogP contribution < -0.4 is 4.74 Å². The Bertz CT molecular complexity index is 597. The molecule has 0 aliphatic rings. The van der Waals surface area contributed by atoms with Crippen LogP contribution in [0.15, 0.2) is 36.4 Å². The number of carbonyl (C=O) groups excluding carboxylic acids is 1. The Hall–Kier alpha value is -1.58. The fourth-order valence-electron chi connectivity index (χ4n) is 1.54. The molecule has 0 amide bonds. The third kappa shape index (κ3) is 3.46. The van der Waals surface area contributed by atoms with Gasteiger partial charge in [0.2, 0.25) is 0 Å². The van der Waals surface area contributed by atoms with Crippen molar-refractivity contribution in [1.82, 2.24) is 0 Å². The second-order valence-corrected chi connectivity index (χ2v) is 4.68. The number of hydrogen-bond donors (Lipinski definition) is 0. The molecule has 0 saturated heterocycles. The van der Waals surface area contributed by atoms with Gasteiger partial charge in [-0.1, -0.05) is 35.3 Å². The molecule has 5 heteroatoms. The smallest absolute Gasteiger partial charge is 0.155 e. The van der Waals surface area contributed by atoms with Gasteiger partial charge in [0.1, 0.15) is 18.2 Å². The van der Waals surface area contributed by atoms with Crippen molar-refractivity contribution >= 4 is 29.5 Å². The van der Waals surface area contributed by atoms with Crippen molar-refractivity contribution in [2.24, 2.45) is 0 Å². The van der Waals surface area contributed by atoms with Crippen LogP contribution in [0.4, 0.5) is 4.39 Å². The molecule has 0 aliphatic heterocycles. The van der Waals surface area contributed by atoms with Crippen LogP contribution in [0.25, 0.3) is 0 Å². The first-order valence-corrected chi connectivity index (χ1v) is 6.17. The molecule has 0 saturated carbocycles. The van der Waals surface area contributed by atoms with E-state index in [1.165, 1.54) is 24.3 Å². The summed E-state index contributed by atoms with van der Waals surface area (Å²) in [6.45, 7) is 0.192. The molecule has 0 bridgehead atoms. The van der Waals surface area contributed by atoms with Crippen molar-refractivity contribution in [3.8, 4) is 5.75 Å². The molecule has 2 aromatic rings. The molecule has 2 aromatic carbocycles. The zero-order chi connectivity index (χ0) is 13.8. The molecule has 0 heterocycles. The van der Waals surface area contributed by atoms with Gasteiger partial charge in [0.05, 0.1) is 10.6 Å². The summed E-state index contributed by atoms with van der Waals surface area (Å²) >= 11 is 11.7. The summed E-state index contributed by atoms with van der Waals surface area (Å²) in [5.74, 6) is -0.0139. The summed E-state index contributed by atoms with van der Waals surface area (Å²) in [6, 6.07) is 8.86. The number of benzene rings is 2. The molecule has 0 unspecified atom stereocenters. The minimum absolute atomic E-state index is 0.192. The van der Waals surface area contributed by atoms with Crippen LogP contribution in [0, 0.1) is 5.82 Å². The van der Waals surface area contributed by atoms with Gasteiger partial charge in [-0.3, -0.25) is 4.79 Å². The molecule has 0 N–H and O–H groups in total. The molecule has 0 atom stereocenters. The van der Waals surface area contributed by atoms with Gasteiger partial charge in [0, 0.05) is 5.02 Å². The Labute approximate surface area is 119 Å². The van der Waals surface area contributed by atoms with E-state index in [0.29, 0.717) is 17.1 Å². The quantitative estimate of drug-likeness (QED) is 0.776. The molecule has 0 fully saturated rings. The normalized spacial score (nSPS) is 10.3. The zero-order valence-corrected chi connectivity index (χ0v) is 11.2. The van der Waals surface area contributed by atoms with Crippen molar-refractivity contribution in [2.45, 2.75) is 6.61 Å². The number of ether oxygens (including phenoxy) is 1. The maximum absolute atomic E-state index is 12.8. The first-order valence-electron chi connectivity index (χ1n) is 5.41. The average molecular weight is 299 g/mol. The second kappa shape index (κ2) is 6.04. The maximum atomic E-state index is 12.8. The van der Waals surface area contributed by atoms with Gasteiger partial charge in [0.25, 0.3) is 0 Å². The molecular formula is C14H9Cl2FO2. The molecule has 19 heavy (non-hydrogen) atoms. The number of rotatable bonds is 4. The number of hydrogen-bond acceptors (Lipinski definition) is 2. The van der Waals surface area contributed by atoms with Crippen molar-refractivity contribution in [2.75, 3.05) is 0 Å².